The van der Waals surface area contributed by atoms with Gasteiger partial charge in [-0.05, 0) is 30.5 Å². The van der Waals surface area contributed by atoms with E-state index in [1.807, 2.05) is 54.6 Å². The van der Waals surface area contributed by atoms with Crippen LogP contribution in [0.3, 0.4) is 0 Å². The van der Waals surface area contributed by atoms with E-state index >= 15 is 0 Å². The number of carbonyl (C=O) groups is 1. The fraction of sp³-hybridized carbons (Fsp3) is 0.278. The zero-order valence-corrected chi connectivity index (χ0v) is 12.9. The second kappa shape index (κ2) is 6.73. The molecule has 2 rings (SSSR count). The lowest BCUT2D eigenvalue weighted by atomic mass is 9.92. The van der Waals surface area contributed by atoms with Crippen LogP contribution in [-0.4, -0.2) is 11.0 Å². The first-order valence-electron chi connectivity index (χ1n) is 7.31. The average molecular weight is 298 g/mol. The van der Waals surface area contributed by atoms with E-state index in [1.165, 1.54) is 0 Å². The Kier molecular flexibility index (Phi) is 4.96. The molecule has 0 aliphatic rings. The van der Waals surface area contributed by atoms with E-state index in [0.29, 0.717) is 6.54 Å². The van der Waals surface area contributed by atoms with Gasteiger partial charge in [-0.3, -0.25) is 4.79 Å². The molecule has 2 atom stereocenters. The van der Waals surface area contributed by atoms with E-state index in [2.05, 4.69) is 5.32 Å². The third-order valence-electron chi connectivity index (χ3n) is 3.76. The lowest BCUT2D eigenvalue weighted by molar-refractivity contribution is -0.126. The lowest BCUT2D eigenvalue weighted by Gasteiger charge is -2.24. The summed E-state index contributed by atoms with van der Waals surface area (Å²) in [7, 11) is 0. The van der Waals surface area contributed by atoms with Crippen LogP contribution in [-0.2, 0) is 16.9 Å². The highest BCUT2D eigenvalue weighted by atomic mass is 16.3. The lowest BCUT2D eigenvalue weighted by Crippen LogP contribution is -2.48. The van der Waals surface area contributed by atoms with E-state index in [0.717, 1.165) is 16.7 Å². The van der Waals surface area contributed by atoms with Gasteiger partial charge in [0, 0.05) is 6.54 Å². The summed E-state index contributed by atoms with van der Waals surface area (Å²) < 4.78 is 0. The summed E-state index contributed by atoms with van der Waals surface area (Å²) in [5.41, 5.74) is 7.68. The zero-order valence-electron chi connectivity index (χ0n) is 12.9. The van der Waals surface area contributed by atoms with Crippen LogP contribution >= 0.6 is 0 Å². The van der Waals surface area contributed by atoms with Crippen molar-refractivity contribution in [3.8, 4) is 0 Å². The first-order chi connectivity index (χ1) is 10.4. The molecule has 0 heterocycles. The molecule has 2 aromatic carbocycles. The molecular formula is C18H22N2O2. The number of amides is 1. The van der Waals surface area contributed by atoms with Crippen molar-refractivity contribution in [3.05, 3.63) is 71.3 Å². The van der Waals surface area contributed by atoms with Crippen LogP contribution in [0.5, 0.6) is 0 Å². The molecule has 2 unspecified atom stereocenters. The van der Waals surface area contributed by atoms with Gasteiger partial charge in [-0.2, -0.15) is 0 Å². The largest absolute Gasteiger partial charge is 0.389 e. The van der Waals surface area contributed by atoms with E-state index in [1.54, 1.807) is 13.8 Å². The summed E-state index contributed by atoms with van der Waals surface area (Å²) in [6.07, 6.45) is -0.492. The molecule has 4 heteroatoms. The molecule has 0 aromatic heterocycles. The number of hydrogen-bond acceptors (Lipinski definition) is 3. The van der Waals surface area contributed by atoms with Gasteiger partial charge in [0.15, 0.2) is 0 Å². The summed E-state index contributed by atoms with van der Waals surface area (Å²) in [5, 5.41) is 12.3. The van der Waals surface area contributed by atoms with Gasteiger partial charge in [0.1, 0.15) is 5.54 Å². The van der Waals surface area contributed by atoms with E-state index in [4.69, 9.17) is 5.73 Å². The summed E-state index contributed by atoms with van der Waals surface area (Å²) in [5.74, 6) is -0.224. The van der Waals surface area contributed by atoms with Gasteiger partial charge < -0.3 is 16.2 Å². The first-order valence-corrected chi connectivity index (χ1v) is 7.31. The van der Waals surface area contributed by atoms with Crippen LogP contribution in [0, 0.1) is 0 Å². The first kappa shape index (κ1) is 16.2. The number of aliphatic hydroxyl groups excluding tert-OH is 1. The normalized spacial score (nSPS) is 14.9. The molecule has 0 aliphatic heterocycles. The SMILES string of the molecule is CC(O)c1ccc(CNC(=O)C(C)(N)c2ccccc2)cc1. The standard InChI is InChI=1S/C18H22N2O2/c1-13(21)15-10-8-14(9-11-15)12-20-17(22)18(2,19)16-6-4-3-5-7-16/h3-11,13,21H,12,19H2,1-2H3,(H,20,22). The summed E-state index contributed by atoms with van der Waals surface area (Å²) in [6.45, 7) is 3.82. The number of rotatable bonds is 5. The van der Waals surface area contributed by atoms with Crippen LogP contribution in [0.15, 0.2) is 54.6 Å². The van der Waals surface area contributed by atoms with Crippen molar-refractivity contribution in [2.75, 3.05) is 0 Å². The molecule has 0 spiro atoms. The Morgan fingerprint density at radius 2 is 1.77 bits per heavy atom. The Bertz CT molecular complexity index is 619. The predicted molar refractivity (Wildman–Crippen MR) is 86.9 cm³/mol. The van der Waals surface area contributed by atoms with E-state index in [-0.39, 0.29) is 5.91 Å². The third-order valence-corrected chi connectivity index (χ3v) is 3.76. The van der Waals surface area contributed by atoms with Crippen molar-refractivity contribution in [1.82, 2.24) is 5.32 Å². The van der Waals surface area contributed by atoms with E-state index < -0.39 is 11.6 Å². The van der Waals surface area contributed by atoms with Gasteiger partial charge >= 0.3 is 0 Å². The highest BCUT2D eigenvalue weighted by Gasteiger charge is 2.29. The van der Waals surface area contributed by atoms with Crippen molar-refractivity contribution in [1.29, 1.82) is 0 Å². The molecule has 1 amide bonds. The minimum atomic E-state index is -1.07. The number of aliphatic hydroxyl groups is 1. The number of nitrogens with one attached hydrogen (secondary N) is 1. The number of benzene rings is 2. The molecule has 0 fully saturated rings. The van der Waals surface area contributed by atoms with Crippen molar-refractivity contribution in [2.24, 2.45) is 5.73 Å². The van der Waals surface area contributed by atoms with Crippen molar-refractivity contribution in [2.45, 2.75) is 32.0 Å². The second-order valence-corrected chi connectivity index (χ2v) is 5.67. The number of hydrogen-bond donors (Lipinski definition) is 3. The molecule has 2 aromatic rings. The van der Waals surface area contributed by atoms with Crippen LogP contribution in [0.1, 0.15) is 36.6 Å². The Labute approximate surface area is 131 Å². The van der Waals surface area contributed by atoms with Gasteiger partial charge in [-0.25, -0.2) is 0 Å². The topological polar surface area (TPSA) is 75.3 Å². The van der Waals surface area contributed by atoms with E-state index in [9.17, 15) is 9.90 Å². The zero-order chi connectivity index (χ0) is 16.2. The third kappa shape index (κ3) is 3.72. The fourth-order valence-corrected chi connectivity index (χ4v) is 2.20. The van der Waals surface area contributed by atoms with Crippen molar-refractivity contribution < 1.29 is 9.90 Å². The predicted octanol–water partition coefficient (Wildman–Crippen LogP) is 2.23. The quantitative estimate of drug-likeness (QED) is 0.792. The van der Waals surface area contributed by atoms with Gasteiger partial charge in [-0.15, -0.1) is 0 Å². The minimum absolute atomic E-state index is 0.224. The average Bonchev–Trinajstić information content (AvgIpc) is 2.53. The molecular weight excluding hydrogens is 276 g/mol. The Morgan fingerprint density at radius 3 is 2.32 bits per heavy atom. The Hall–Kier alpha value is -2.17. The molecule has 0 radical (unpaired) electrons. The summed E-state index contributed by atoms with van der Waals surface area (Å²) in [4.78, 5) is 12.3. The molecule has 0 saturated carbocycles. The Morgan fingerprint density at radius 1 is 1.18 bits per heavy atom. The molecule has 0 aliphatic carbocycles. The molecule has 22 heavy (non-hydrogen) atoms. The highest BCUT2D eigenvalue weighted by Crippen LogP contribution is 2.18. The highest BCUT2D eigenvalue weighted by molar-refractivity contribution is 5.86. The second-order valence-electron chi connectivity index (χ2n) is 5.67. The fourth-order valence-electron chi connectivity index (χ4n) is 2.20. The van der Waals surface area contributed by atoms with Gasteiger partial charge in [0.25, 0.3) is 0 Å². The maximum atomic E-state index is 12.3. The smallest absolute Gasteiger partial charge is 0.244 e. The summed E-state index contributed by atoms with van der Waals surface area (Å²) in [6, 6.07) is 16.8. The molecule has 4 N–H and O–H groups in total. The maximum absolute atomic E-state index is 12.3. The van der Waals surface area contributed by atoms with Gasteiger partial charge in [-0.1, -0.05) is 54.6 Å². The van der Waals surface area contributed by atoms with Gasteiger partial charge in [0.2, 0.25) is 5.91 Å². The number of nitrogens with two attached hydrogens (primary N) is 1. The molecule has 0 bridgehead atoms. The molecule has 0 saturated heterocycles. The molecule has 116 valence electrons. The maximum Gasteiger partial charge on any atom is 0.244 e. The molecule has 4 nitrogen and oxygen atoms in total. The van der Waals surface area contributed by atoms with Crippen molar-refractivity contribution in [3.63, 3.8) is 0 Å². The van der Waals surface area contributed by atoms with Crippen molar-refractivity contribution >= 4 is 5.91 Å². The van der Waals surface area contributed by atoms with Crippen LogP contribution in [0.25, 0.3) is 0 Å². The van der Waals surface area contributed by atoms with Gasteiger partial charge in [0.05, 0.1) is 6.10 Å². The number of carbonyl (C=O) groups excluding carboxylic acids is 1. The Balaban J connectivity index is 2.00. The van der Waals surface area contributed by atoms with Crippen LogP contribution in [0.4, 0.5) is 0 Å². The monoisotopic (exact) mass is 298 g/mol. The minimum Gasteiger partial charge on any atom is -0.389 e. The van der Waals surface area contributed by atoms with Crippen LogP contribution in [0.2, 0.25) is 0 Å². The van der Waals surface area contributed by atoms with Crippen LogP contribution < -0.4 is 11.1 Å². The summed E-state index contributed by atoms with van der Waals surface area (Å²) >= 11 is 0.